The number of hydrogen-bond donors (Lipinski definition) is 6. The molecule has 7 aliphatic heterocycles. The van der Waals surface area contributed by atoms with Crippen LogP contribution in [0.15, 0.2) is 130 Å². The van der Waals surface area contributed by atoms with Crippen LogP contribution in [0.4, 0.5) is 0 Å². The normalized spacial score (nSPS) is 17.4. The summed E-state index contributed by atoms with van der Waals surface area (Å²) in [6, 6.07) is 15.9. The summed E-state index contributed by atoms with van der Waals surface area (Å²) in [6.07, 6.45) is 31.3. The van der Waals surface area contributed by atoms with Gasteiger partial charge in [0.15, 0.2) is 11.3 Å². The Kier molecular flexibility index (Phi) is 18.3. The molecule has 71 heavy (non-hydrogen) atoms. The van der Waals surface area contributed by atoms with Crippen LogP contribution in [0.5, 0.6) is 0 Å². The van der Waals surface area contributed by atoms with Crippen LogP contribution in [-0.2, 0) is 51.7 Å². The summed E-state index contributed by atoms with van der Waals surface area (Å²) in [4.78, 5) is 25.6. The molecule has 6 N–H and O–H groups in total. The second-order valence-corrected chi connectivity index (χ2v) is 18.8. The molecule has 8 aliphatic rings. The average molecular weight is 975 g/mol. The maximum atomic E-state index is 4.28. The number of aliphatic imine (C=N–C) groups is 2. The van der Waals surface area contributed by atoms with Gasteiger partial charge in [0, 0.05) is 162 Å². The lowest BCUT2D eigenvalue weighted by Crippen LogP contribution is -2.23. The van der Waals surface area contributed by atoms with E-state index >= 15 is 0 Å². The van der Waals surface area contributed by atoms with E-state index in [2.05, 4.69) is 99.6 Å². The van der Waals surface area contributed by atoms with Gasteiger partial charge in [-0.2, -0.15) is 10.2 Å². The van der Waals surface area contributed by atoms with E-state index in [-0.39, 0.29) is 0 Å². The minimum Gasteiger partial charge on any atom is -0.351 e. The predicted molar refractivity (Wildman–Crippen MR) is 281 cm³/mol. The second-order valence-electron chi connectivity index (χ2n) is 17.8. The van der Waals surface area contributed by atoms with Gasteiger partial charge in [-0.15, -0.1) is 21.5 Å². The minimum atomic E-state index is 0.887. The Morgan fingerprint density at radius 1 is 0.606 bits per heavy atom. The molecule has 0 unspecified atom stereocenters. The van der Waals surface area contributed by atoms with Gasteiger partial charge < -0.3 is 30.8 Å². The Labute approximate surface area is 418 Å². The molecule has 8 aromatic heterocycles. The molecule has 0 spiro atoms. The monoisotopic (exact) mass is 975 g/mol. The number of hydrogen-bond acceptors (Lipinski definition) is 14. The van der Waals surface area contributed by atoms with Crippen LogP contribution >= 0.6 is 11.3 Å². The number of pyridine rings is 2. The van der Waals surface area contributed by atoms with E-state index in [0.717, 1.165) is 102 Å². The number of nitrogens with zero attached hydrogens (tertiary/aromatic N) is 12. The molecule has 0 saturated heterocycles. The van der Waals surface area contributed by atoms with Crippen molar-refractivity contribution in [2.45, 2.75) is 96.7 Å². The standard InChI is InChI=1S/2C7H10N2.C7H9NS.C7H9N.2C6H9N3.2C6H5N3/c2*1-4-9-7-2-3-8-5-6(1)7;1-2-4-7-6(3-1)8-5-9-7;1-3-7-4-2-6-8(7)5-1;1-2-7-3-5-4-8-9-6(1)5;1-2-7-3-6-5(1)8-4-9-6;1-2-4-9-5-7-8-6(9)3-1;1-2-4-9-6(3-1)7-5-8-9/h2*4,8H,1-3,5H2;5H,1-4H2;1,3,5H,2,4,6H2;2*4,7H,1-3H2,(H,8,9);2*1-5H. The number of H-pyrrole nitrogens is 2. The number of imidazole rings is 1. The number of aromatic nitrogens is 12. The number of nitrogens with one attached hydrogen (secondary N) is 6. The molecule has 8 aromatic rings. The first-order valence-corrected chi connectivity index (χ1v) is 26.0. The Morgan fingerprint density at radius 3 is 2.13 bits per heavy atom. The molecule has 0 radical (unpaired) electrons. The molecule has 1 aliphatic carbocycles. The van der Waals surface area contributed by atoms with Gasteiger partial charge in [0.1, 0.15) is 12.7 Å². The summed E-state index contributed by atoms with van der Waals surface area (Å²) >= 11 is 1.81. The highest BCUT2D eigenvalue weighted by atomic mass is 32.1. The summed E-state index contributed by atoms with van der Waals surface area (Å²) in [6.45, 7) is 9.66. The van der Waals surface area contributed by atoms with Crippen LogP contribution < -0.4 is 21.3 Å². The lowest BCUT2D eigenvalue weighted by molar-refractivity contribution is 0.627. The predicted octanol–water partition coefficient (Wildman–Crippen LogP) is 6.44. The van der Waals surface area contributed by atoms with Crippen molar-refractivity contribution in [3.63, 3.8) is 0 Å². The number of aryl methyl sites for hydroxylation is 4. The fourth-order valence-electron chi connectivity index (χ4n) is 9.09. The molecule has 15 heterocycles. The Balaban J connectivity index is 0.000000100. The van der Waals surface area contributed by atoms with Crippen LogP contribution in [0.2, 0.25) is 0 Å². The largest absolute Gasteiger partial charge is 0.351 e. The first kappa shape index (κ1) is 49.2. The van der Waals surface area contributed by atoms with E-state index in [0.29, 0.717) is 0 Å². The zero-order valence-electron chi connectivity index (χ0n) is 40.5. The van der Waals surface area contributed by atoms with E-state index in [4.69, 9.17) is 0 Å². The molecule has 0 aromatic carbocycles. The maximum Gasteiger partial charge on any atom is 0.160 e. The lowest BCUT2D eigenvalue weighted by atomic mass is 10.0. The number of fused-ring (bicyclic) bond motifs is 6. The van der Waals surface area contributed by atoms with Gasteiger partial charge in [0.05, 0.1) is 35.1 Å². The summed E-state index contributed by atoms with van der Waals surface area (Å²) in [5.41, 5.74) is 17.4. The fourth-order valence-corrected chi connectivity index (χ4v) is 9.95. The molecule has 16 rings (SSSR count). The topological polar surface area (TPSA) is 208 Å². The third-order valence-corrected chi connectivity index (χ3v) is 13.9. The fraction of sp³-hybridized carbons (Fsp3) is 0.404. The van der Waals surface area contributed by atoms with Crippen molar-refractivity contribution in [2.75, 3.05) is 39.3 Å². The second kappa shape index (κ2) is 26.4. The van der Waals surface area contributed by atoms with Crippen molar-refractivity contribution < 1.29 is 0 Å². The van der Waals surface area contributed by atoms with Crippen molar-refractivity contribution in [2.24, 2.45) is 9.98 Å². The number of aromatic amines is 2. The smallest absolute Gasteiger partial charge is 0.160 e. The van der Waals surface area contributed by atoms with Crippen molar-refractivity contribution in [3.8, 4) is 0 Å². The molecule has 18 nitrogen and oxygen atoms in total. The highest BCUT2D eigenvalue weighted by Crippen LogP contribution is 2.23. The van der Waals surface area contributed by atoms with E-state index < -0.39 is 0 Å². The Hall–Kier alpha value is -6.77. The lowest BCUT2D eigenvalue weighted by Gasteiger charge is -2.12. The number of rotatable bonds is 0. The van der Waals surface area contributed by atoms with Gasteiger partial charge in [0.2, 0.25) is 0 Å². The van der Waals surface area contributed by atoms with Crippen molar-refractivity contribution in [1.82, 2.24) is 80.2 Å². The van der Waals surface area contributed by atoms with Crippen molar-refractivity contribution >= 4 is 35.1 Å². The summed E-state index contributed by atoms with van der Waals surface area (Å²) in [5, 5.41) is 31.5. The van der Waals surface area contributed by atoms with Crippen LogP contribution in [-0.4, -0.2) is 111 Å². The molecule has 0 bridgehead atoms. The van der Waals surface area contributed by atoms with Gasteiger partial charge in [0.25, 0.3) is 0 Å². The molecular weight excluding hydrogens is 909 g/mol. The summed E-state index contributed by atoms with van der Waals surface area (Å²) in [7, 11) is 0. The van der Waals surface area contributed by atoms with E-state index in [1.165, 1.54) is 113 Å². The summed E-state index contributed by atoms with van der Waals surface area (Å²) < 4.78 is 5.90. The van der Waals surface area contributed by atoms with E-state index in [1.54, 1.807) is 17.2 Å². The van der Waals surface area contributed by atoms with Crippen LogP contribution in [0.3, 0.4) is 0 Å². The zero-order chi connectivity index (χ0) is 48.1. The molecule has 0 amide bonds. The van der Waals surface area contributed by atoms with Crippen molar-refractivity contribution in [3.05, 3.63) is 159 Å². The Bertz CT molecular complexity index is 2620. The van der Waals surface area contributed by atoms with E-state index in [1.807, 2.05) is 88.7 Å². The molecule has 0 saturated carbocycles. The van der Waals surface area contributed by atoms with Crippen molar-refractivity contribution in [1.29, 1.82) is 0 Å². The van der Waals surface area contributed by atoms with Gasteiger partial charge in [-0.25, -0.2) is 19.5 Å². The first-order valence-electron chi connectivity index (χ1n) is 25.1. The highest BCUT2D eigenvalue weighted by Gasteiger charge is 2.15. The first-order chi connectivity index (χ1) is 35.2. The van der Waals surface area contributed by atoms with Crippen LogP contribution in [0.1, 0.15) is 83.9 Å². The quantitative estimate of drug-likeness (QED) is 0.0975. The molecule has 0 fully saturated rings. The molecule has 0 atom stereocenters. The van der Waals surface area contributed by atoms with Gasteiger partial charge in [-0.3, -0.25) is 19.5 Å². The van der Waals surface area contributed by atoms with Gasteiger partial charge in [-0.1, -0.05) is 12.1 Å². The molecule has 19 heteroatoms. The third kappa shape index (κ3) is 14.4. The van der Waals surface area contributed by atoms with Gasteiger partial charge in [-0.05, 0) is 86.1 Å². The zero-order valence-corrected chi connectivity index (χ0v) is 41.3. The molecule has 370 valence electrons. The van der Waals surface area contributed by atoms with Gasteiger partial charge >= 0.3 is 0 Å². The highest BCUT2D eigenvalue weighted by molar-refractivity contribution is 7.09. The third-order valence-electron chi connectivity index (χ3n) is 13.0. The minimum absolute atomic E-state index is 0.887. The van der Waals surface area contributed by atoms with Crippen LogP contribution in [0, 0.1) is 0 Å². The maximum absolute atomic E-state index is 4.28. The Morgan fingerprint density at radius 2 is 1.37 bits per heavy atom. The average Bonchev–Trinajstić information content (AvgIpc) is 4.28. The van der Waals surface area contributed by atoms with E-state index in [9.17, 15) is 0 Å². The van der Waals surface area contributed by atoms with Crippen LogP contribution in [0.25, 0.3) is 11.3 Å². The molecular formula is C52H66N18S. The SMILES string of the molecule is C1=NC2=C(C1)CNCC2.C1=NC2=C(C1)CNCC2.c1cc2n(c1)CCC2.c1ccn2cnnc2c1.c1ccn2ncnc2c1.c1n[nH]c2c1CNCC2.c1nc2c([nH]1)CNCC2.c1nc2c(s1)CCCC2. The summed E-state index contributed by atoms with van der Waals surface area (Å²) in [5.74, 6) is 0. The number of thiazole rings is 1.